The van der Waals surface area contributed by atoms with Crippen molar-refractivity contribution in [2.75, 3.05) is 6.54 Å². The molecule has 4 heteroatoms. The lowest BCUT2D eigenvalue weighted by atomic mass is 10.1. The van der Waals surface area contributed by atoms with Crippen molar-refractivity contribution in [2.45, 2.75) is 39.8 Å². The zero-order valence-electron chi connectivity index (χ0n) is 9.91. The molecule has 15 heavy (non-hydrogen) atoms. The molecule has 0 saturated heterocycles. The lowest BCUT2D eigenvalue weighted by Crippen LogP contribution is -2.39. The van der Waals surface area contributed by atoms with E-state index < -0.39 is 0 Å². The standard InChI is InChI=1S/C11H20N2OS/c1-9(7-12-11(2,3)4)8-13-5-6-15-10(13)14/h5-6,9,12H,7-8H2,1-4H3. The highest BCUT2D eigenvalue weighted by Crippen LogP contribution is 2.03. The van der Waals surface area contributed by atoms with E-state index in [9.17, 15) is 4.79 Å². The van der Waals surface area contributed by atoms with Crippen LogP contribution in [0.15, 0.2) is 16.4 Å². The molecule has 0 fully saturated rings. The molecule has 1 heterocycles. The van der Waals surface area contributed by atoms with Gasteiger partial charge in [0.05, 0.1) is 0 Å². The number of nitrogens with one attached hydrogen (secondary N) is 1. The van der Waals surface area contributed by atoms with Crippen LogP contribution >= 0.6 is 11.3 Å². The Labute approximate surface area is 95.1 Å². The molecule has 0 bridgehead atoms. The third-order valence-electron chi connectivity index (χ3n) is 2.13. The average Bonchev–Trinajstić information content (AvgIpc) is 2.47. The lowest BCUT2D eigenvalue weighted by Gasteiger charge is -2.23. The Balaban J connectivity index is 2.40. The van der Waals surface area contributed by atoms with Crippen LogP contribution in [0, 0.1) is 5.92 Å². The van der Waals surface area contributed by atoms with Crippen LogP contribution in [-0.4, -0.2) is 16.7 Å². The van der Waals surface area contributed by atoms with Gasteiger partial charge in [0.25, 0.3) is 0 Å². The summed E-state index contributed by atoms with van der Waals surface area (Å²) in [7, 11) is 0. The average molecular weight is 228 g/mol. The molecule has 0 aromatic carbocycles. The summed E-state index contributed by atoms with van der Waals surface area (Å²) in [6.45, 7) is 10.3. The first-order chi connectivity index (χ1) is 6.88. The second kappa shape index (κ2) is 4.94. The van der Waals surface area contributed by atoms with E-state index >= 15 is 0 Å². The molecule has 0 aliphatic carbocycles. The Hall–Kier alpha value is -0.610. The fourth-order valence-electron chi connectivity index (χ4n) is 1.31. The fraction of sp³-hybridized carbons (Fsp3) is 0.727. The zero-order valence-corrected chi connectivity index (χ0v) is 10.7. The van der Waals surface area contributed by atoms with E-state index in [2.05, 4.69) is 33.0 Å². The van der Waals surface area contributed by atoms with Gasteiger partial charge in [-0.15, -0.1) is 0 Å². The summed E-state index contributed by atoms with van der Waals surface area (Å²) in [5, 5.41) is 5.28. The molecule has 1 N–H and O–H groups in total. The molecule has 1 atom stereocenters. The van der Waals surface area contributed by atoms with Gasteiger partial charge in [0.15, 0.2) is 0 Å². The number of aromatic nitrogens is 1. The van der Waals surface area contributed by atoms with Crippen molar-refractivity contribution < 1.29 is 0 Å². The van der Waals surface area contributed by atoms with Gasteiger partial charge < -0.3 is 9.88 Å². The number of thiazole rings is 1. The molecule has 1 aromatic rings. The van der Waals surface area contributed by atoms with Crippen LogP contribution in [0.2, 0.25) is 0 Å². The summed E-state index contributed by atoms with van der Waals surface area (Å²) in [6, 6.07) is 0. The molecular weight excluding hydrogens is 208 g/mol. The molecule has 0 aliphatic heterocycles. The highest BCUT2D eigenvalue weighted by Gasteiger charge is 2.11. The van der Waals surface area contributed by atoms with Crippen molar-refractivity contribution >= 4 is 11.3 Å². The molecule has 0 spiro atoms. The summed E-state index contributed by atoms with van der Waals surface area (Å²) in [6.07, 6.45) is 1.86. The van der Waals surface area contributed by atoms with Crippen molar-refractivity contribution in [1.82, 2.24) is 9.88 Å². The topological polar surface area (TPSA) is 34.0 Å². The van der Waals surface area contributed by atoms with Crippen LogP contribution in [0.4, 0.5) is 0 Å². The van der Waals surface area contributed by atoms with E-state index in [0.717, 1.165) is 13.1 Å². The minimum Gasteiger partial charge on any atom is -0.312 e. The van der Waals surface area contributed by atoms with Crippen molar-refractivity contribution in [3.05, 3.63) is 21.2 Å². The van der Waals surface area contributed by atoms with Crippen LogP contribution in [-0.2, 0) is 6.54 Å². The van der Waals surface area contributed by atoms with Crippen molar-refractivity contribution in [3.63, 3.8) is 0 Å². The first-order valence-electron chi connectivity index (χ1n) is 5.27. The molecule has 1 rings (SSSR count). The highest BCUT2D eigenvalue weighted by molar-refractivity contribution is 7.07. The zero-order chi connectivity index (χ0) is 11.5. The molecule has 0 amide bonds. The van der Waals surface area contributed by atoms with E-state index in [0.29, 0.717) is 5.92 Å². The number of nitrogens with zero attached hydrogens (tertiary/aromatic N) is 1. The SMILES string of the molecule is CC(CNC(C)(C)C)Cn1ccsc1=O. The Kier molecular flexibility index (Phi) is 4.11. The predicted octanol–water partition coefficient (Wildman–Crippen LogP) is 1.93. The van der Waals surface area contributed by atoms with Crippen LogP contribution < -0.4 is 10.2 Å². The molecule has 0 radical (unpaired) electrons. The van der Waals surface area contributed by atoms with Crippen LogP contribution in [0.5, 0.6) is 0 Å². The van der Waals surface area contributed by atoms with E-state index in [-0.39, 0.29) is 10.4 Å². The molecule has 3 nitrogen and oxygen atoms in total. The largest absolute Gasteiger partial charge is 0.312 e. The highest BCUT2D eigenvalue weighted by atomic mass is 32.1. The Morgan fingerprint density at radius 3 is 2.67 bits per heavy atom. The summed E-state index contributed by atoms with van der Waals surface area (Å²) >= 11 is 1.26. The van der Waals surface area contributed by atoms with E-state index in [1.54, 1.807) is 4.57 Å². The maximum atomic E-state index is 11.3. The summed E-state index contributed by atoms with van der Waals surface area (Å²) in [4.78, 5) is 11.5. The first kappa shape index (κ1) is 12.5. The van der Waals surface area contributed by atoms with E-state index in [1.165, 1.54) is 11.3 Å². The number of rotatable bonds is 4. The molecule has 0 saturated carbocycles. The third kappa shape index (κ3) is 4.62. The van der Waals surface area contributed by atoms with Gasteiger partial charge in [-0.05, 0) is 33.2 Å². The summed E-state index contributed by atoms with van der Waals surface area (Å²) in [5.74, 6) is 0.469. The molecule has 1 aromatic heterocycles. The Bertz CT molecular complexity index is 348. The van der Waals surface area contributed by atoms with E-state index in [1.807, 2.05) is 11.6 Å². The predicted molar refractivity (Wildman–Crippen MR) is 65.5 cm³/mol. The van der Waals surface area contributed by atoms with E-state index in [4.69, 9.17) is 0 Å². The van der Waals surface area contributed by atoms with Gasteiger partial charge in [0, 0.05) is 23.7 Å². The van der Waals surface area contributed by atoms with Gasteiger partial charge in [-0.1, -0.05) is 18.3 Å². The second-order valence-corrected chi connectivity index (χ2v) is 5.91. The molecule has 1 unspecified atom stereocenters. The third-order valence-corrected chi connectivity index (χ3v) is 2.83. The normalized spacial score (nSPS) is 14.1. The molecule has 86 valence electrons. The molecular formula is C11H20N2OS. The van der Waals surface area contributed by atoms with Crippen LogP contribution in [0.3, 0.4) is 0 Å². The quantitative estimate of drug-likeness (QED) is 0.854. The number of hydrogen-bond donors (Lipinski definition) is 1. The Morgan fingerprint density at radius 2 is 2.20 bits per heavy atom. The van der Waals surface area contributed by atoms with Gasteiger partial charge in [0.2, 0.25) is 0 Å². The number of hydrogen-bond acceptors (Lipinski definition) is 3. The maximum absolute atomic E-state index is 11.3. The minimum atomic E-state index is 0.137. The van der Waals surface area contributed by atoms with Crippen molar-refractivity contribution in [3.8, 4) is 0 Å². The van der Waals surface area contributed by atoms with Gasteiger partial charge in [-0.2, -0.15) is 0 Å². The fourth-order valence-corrected chi connectivity index (χ4v) is 1.90. The smallest absolute Gasteiger partial charge is 0.307 e. The second-order valence-electron chi connectivity index (χ2n) is 5.06. The monoisotopic (exact) mass is 228 g/mol. The van der Waals surface area contributed by atoms with Gasteiger partial charge in [-0.25, -0.2) is 0 Å². The minimum absolute atomic E-state index is 0.137. The van der Waals surface area contributed by atoms with Gasteiger partial charge in [-0.3, -0.25) is 4.79 Å². The molecule has 0 aliphatic rings. The summed E-state index contributed by atoms with van der Waals surface area (Å²) in [5.41, 5.74) is 0.147. The van der Waals surface area contributed by atoms with Crippen LogP contribution in [0.1, 0.15) is 27.7 Å². The Morgan fingerprint density at radius 1 is 1.53 bits per heavy atom. The lowest BCUT2D eigenvalue weighted by molar-refractivity contribution is 0.359. The summed E-state index contributed by atoms with van der Waals surface area (Å²) < 4.78 is 1.78. The van der Waals surface area contributed by atoms with Crippen molar-refractivity contribution in [1.29, 1.82) is 0 Å². The maximum Gasteiger partial charge on any atom is 0.307 e. The van der Waals surface area contributed by atoms with Gasteiger partial charge in [0.1, 0.15) is 0 Å². The van der Waals surface area contributed by atoms with Gasteiger partial charge >= 0.3 is 4.87 Å². The van der Waals surface area contributed by atoms with Crippen molar-refractivity contribution in [2.24, 2.45) is 5.92 Å². The van der Waals surface area contributed by atoms with Crippen LogP contribution in [0.25, 0.3) is 0 Å². The first-order valence-corrected chi connectivity index (χ1v) is 6.15.